The maximum atomic E-state index is 2.41. The summed E-state index contributed by atoms with van der Waals surface area (Å²) in [6.45, 7) is 55.8. The van der Waals surface area contributed by atoms with Crippen molar-refractivity contribution < 1.29 is 18.3 Å². The maximum absolute atomic E-state index is 2.41. The third kappa shape index (κ3) is 18.7. The highest BCUT2D eigenvalue weighted by Gasteiger charge is 2.27. The number of benzene rings is 4. The van der Waals surface area contributed by atoms with Crippen LogP contribution in [0.4, 0.5) is 0 Å². The largest absolute Gasteiger partial charge is 0.212 e. The molecule has 0 saturated carbocycles. The minimum Gasteiger partial charge on any atom is -0.201 e. The van der Waals surface area contributed by atoms with Gasteiger partial charge in [-0.3, -0.25) is 0 Å². The van der Waals surface area contributed by atoms with E-state index in [1.807, 2.05) is 0 Å². The van der Waals surface area contributed by atoms with E-state index in [9.17, 15) is 0 Å². The Kier molecular flexibility index (Phi) is 22.9. The second kappa shape index (κ2) is 27.8. The first-order chi connectivity index (χ1) is 38.7. The van der Waals surface area contributed by atoms with Crippen molar-refractivity contribution in [2.45, 2.75) is 179 Å². The highest BCUT2D eigenvalue weighted by Crippen LogP contribution is 2.30. The van der Waals surface area contributed by atoms with Gasteiger partial charge in [-0.25, -0.2) is 18.3 Å². The quantitative estimate of drug-likeness (QED) is 0.0906. The van der Waals surface area contributed by atoms with Gasteiger partial charge in [0.05, 0.1) is 32.3 Å². The molecule has 0 N–H and O–H groups in total. The monoisotopic (exact) mass is 1190 g/mol. The summed E-state index contributed by atoms with van der Waals surface area (Å²) in [5.41, 5.74) is 21.9. The predicted octanol–water partition coefficient (Wildman–Crippen LogP) is 16.1. The molecule has 0 amide bonds. The molecule has 0 aliphatic carbocycles. The van der Waals surface area contributed by atoms with Crippen molar-refractivity contribution in [1.29, 1.82) is 0 Å². The normalized spacial score (nSPS) is 12.1. The molecule has 4 aromatic heterocycles. The Morgan fingerprint density at radius 3 is 1.00 bits per heavy atom. The highest BCUT2D eigenvalue weighted by molar-refractivity contribution is 6.90. The van der Waals surface area contributed by atoms with E-state index in [0.717, 1.165) is 6.42 Å². The average molecular weight is 1190 g/mol. The van der Waals surface area contributed by atoms with E-state index in [-0.39, 0.29) is 5.41 Å². The third-order valence-corrected chi connectivity index (χ3v) is 24.7. The van der Waals surface area contributed by atoms with Crippen molar-refractivity contribution in [2.24, 2.45) is 34.1 Å². The minimum absolute atomic E-state index is 0.178. The minimum atomic E-state index is -1.30. The number of rotatable bonds is 11. The Bertz CT molecular complexity index is 3490. The summed E-state index contributed by atoms with van der Waals surface area (Å²) in [7, 11) is 3.43. The van der Waals surface area contributed by atoms with E-state index in [4.69, 9.17) is 0 Å². The van der Waals surface area contributed by atoms with Gasteiger partial charge >= 0.3 is 0 Å². The number of hydrogen-bond acceptors (Lipinski definition) is 0. The lowest BCUT2D eigenvalue weighted by atomic mass is 9.85. The Morgan fingerprint density at radius 1 is 0.357 bits per heavy atom. The molecule has 4 nitrogen and oxygen atoms in total. The second-order valence-corrected chi connectivity index (χ2v) is 50.5. The van der Waals surface area contributed by atoms with Crippen LogP contribution in [0.25, 0.3) is 45.0 Å². The van der Waals surface area contributed by atoms with Gasteiger partial charge in [-0.05, 0) is 142 Å². The molecule has 0 fully saturated rings. The van der Waals surface area contributed by atoms with Crippen molar-refractivity contribution in [3.63, 3.8) is 0 Å². The first-order valence-corrected chi connectivity index (χ1v) is 45.1. The molecular formula is C76H112N4Si4+4. The van der Waals surface area contributed by atoms with Gasteiger partial charge in [0.2, 0.25) is 22.8 Å². The molecule has 0 unspecified atom stereocenters. The zero-order valence-corrected chi connectivity index (χ0v) is 62.0. The van der Waals surface area contributed by atoms with Crippen LogP contribution in [0, 0.1) is 40.5 Å². The molecule has 4 heterocycles. The van der Waals surface area contributed by atoms with Gasteiger partial charge < -0.3 is 0 Å². The van der Waals surface area contributed by atoms with E-state index < -0.39 is 32.3 Å². The van der Waals surface area contributed by atoms with Crippen LogP contribution in [0.3, 0.4) is 0 Å². The van der Waals surface area contributed by atoms with E-state index in [2.05, 4.69) is 354 Å². The molecule has 448 valence electrons. The van der Waals surface area contributed by atoms with E-state index in [1.165, 1.54) is 110 Å². The van der Waals surface area contributed by atoms with Gasteiger partial charge in [-0.15, -0.1) is 0 Å². The molecule has 4 aromatic carbocycles. The van der Waals surface area contributed by atoms with Gasteiger partial charge in [0.1, 0.15) is 28.2 Å². The molecular weight excluding hydrogens is 1080 g/mol. The summed E-state index contributed by atoms with van der Waals surface area (Å²) in [5, 5.41) is 6.07. The fraction of sp³-hybridized carbons (Fsp3) is 0.421. The number of hydrogen-bond donors (Lipinski definition) is 0. The van der Waals surface area contributed by atoms with Crippen molar-refractivity contribution in [3.8, 4) is 45.0 Å². The lowest BCUT2D eigenvalue weighted by Crippen LogP contribution is -2.42. The zero-order chi connectivity index (χ0) is 63.2. The van der Waals surface area contributed by atoms with Crippen LogP contribution in [0.15, 0.2) is 146 Å². The average Bonchev–Trinajstić information content (AvgIpc) is 1.66. The van der Waals surface area contributed by atoms with E-state index in [0.29, 0.717) is 11.8 Å². The molecule has 0 radical (unpaired) electrons. The van der Waals surface area contributed by atoms with Crippen LogP contribution in [-0.2, 0) is 40.0 Å². The Hall–Kier alpha value is -5.65. The van der Waals surface area contributed by atoms with Crippen LogP contribution in [0.2, 0.25) is 78.6 Å². The molecule has 84 heavy (non-hydrogen) atoms. The van der Waals surface area contributed by atoms with Crippen molar-refractivity contribution >= 4 is 53.0 Å². The maximum Gasteiger partial charge on any atom is 0.212 e. The van der Waals surface area contributed by atoms with Gasteiger partial charge in [0.15, 0.2) is 24.8 Å². The smallest absolute Gasteiger partial charge is 0.201 e. The lowest BCUT2D eigenvalue weighted by molar-refractivity contribution is -0.660. The topological polar surface area (TPSA) is 15.5 Å². The SMILES string of the molecule is Cc1ccc(C(C)(C)C)cc1-c1cc([Si](C)(C)C)cc[n+]1C.Cc1ccc(C(C)C)cc1-c1cc([Si](C)(C)C)cc[n+]1C.Cc1ccc(C)c(-c2cc([Si](C)(C)C)cc[n+]2C)c1.Cc1ccc(CC(C)C)cc1-c1cc([Si](C)(C)C)cc[n+]1C. The Balaban J connectivity index is 0.000000205. The number of pyridine rings is 4. The second-order valence-electron chi connectivity index (χ2n) is 30.2. The molecule has 0 spiro atoms. The summed E-state index contributed by atoms with van der Waals surface area (Å²) < 4.78 is 8.98. The molecule has 0 aliphatic heterocycles. The first kappa shape index (κ1) is 69.1. The van der Waals surface area contributed by atoms with Gasteiger partial charge in [0, 0.05) is 70.8 Å². The lowest BCUT2D eigenvalue weighted by Gasteiger charge is -2.21. The molecule has 0 bridgehead atoms. The van der Waals surface area contributed by atoms with Crippen LogP contribution in [-0.4, -0.2) is 32.3 Å². The number of aryl methyl sites for hydroxylation is 9. The molecule has 0 atom stereocenters. The Labute approximate surface area is 517 Å². The summed E-state index contributed by atoms with van der Waals surface area (Å²) in [6, 6.07) is 46.2. The van der Waals surface area contributed by atoms with Crippen molar-refractivity contribution in [3.05, 3.63) is 191 Å². The highest BCUT2D eigenvalue weighted by atomic mass is 28.3. The van der Waals surface area contributed by atoms with Crippen LogP contribution >= 0.6 is 0 Å². The standard InChI is InChI=1S/2C20H30NSi.C19H28NSi.C17H24NSi/c1-15-9-10-16(20(2,3)4)13-18(15)19-14-17(22(6,7)8)11-12-21(19)5;1-15(2)12-17-9-8-16(3)19(13-17)20-14-18(22(5,6)7)10-11-21(20)4;1-14(2)16-9-8-15(3)18(12-16)19-13-17(21(5,6)7)10-11-20(19)4;1-13-7-8-14(2)16(11-13)17-12-15(19(4,5)6)9-10-18(17)3/h9-14H,1-8H3;8-11,13-15H,12H2,1-7H3;8-14H,1-7H3;7-12H,1-6H3/q4*+1. The van der Waals surface area contributed by atoms with Crippen LogP contribution in [0.5, 0.6) is 0 Å². The Morgan fingerprint density at radius 2 is 0.667 bits per heavy atom. The third-order valence-electron chi connectivity index (χ3n) is 16.5. The van der Waals surface area contributed by atoms with Gasteiger partial charge in [-0.2, -0.15) is 0 Å². The van der Waals surface area contributed by atoms with Gasteiger partial charge in [0.25, 0.3) is 0 Å². The number of nitrogens with zero attached hydrogens (tertiary/aromatic N) is 4. The van der Waals surface area contributed by atoms with E-state index in [1.54, 1.807) is 0 Å². The van der Waals surface area contributed by atoms with Crippen molar-refractivity contribution in [2.75, 3.05) is 0 Å². The number of aromatic nitrogens is 4. The molecule has 0 aliphatic rings. The van der Waals surface area contributed by atoms with Crippen LogP contribution < -0.4 is 39.0 Å². The zero-order valence-electron chi connectivity index (χ0n) is 58.0. The first-order valence-electron chi connectivity index (χ1n) is 31.1. The summed E-state index contributed by atoms with van der Waals surface area (Å²) in [6.07, 6.45) is 9.99. The van der Waals surface area contributed by atoms with E-state index >= 15 is 0 Å². The fourth-order valence-electron chi connectivity index (χ4n) is 10.4. The molecule has 8 aromatic rings. The molecule has 8 heteroatoms. The summed E-state index contributed by atoms with van der Waals surface area (Å²) >= 11 is 0. The fourth-order valence-corrected chi connectivity index (χ4v) is 15.0. The predicted molar refractivity (Wildman–Crippen MR) is 379 cm³/mol. The summed E-state index contributed by atoms with van der Waals surface area (Å²) in [5.74, 6) is 1.26. The van der Waals surface area contributed by atoms with Crippen LogP contribution in [0.1, 0.15) is 98.9 Å². The summed E-state index contributed by atoms with van der Waals surface area (Å²) in [4.78, 5) is 0. The van der Waals surface area contributed by atoms with Crippen molar-refractivity contribution in [1.82, 2.24) is 0 Å². The van der Waals surface area contributed by atoms with Gasteiger partial charge in [-0.1, -0.05) is 181 Å². The molecule has 0 saturated heterocycles. The molecule has 8 rings (SSSR count).